The Morgan fingerprint density at radius 1 is 1.13 bits per heavy atom. The van der Waals surface area contributed by atoms with Crippen molar-refractivity contribution in [2.24, 2.45) is 0 Å². The Bertz CT molecular complexity index is 1020. The van der Waals surface area contributed by atoms with E-state index in [-0.39, 0.29) is 11.4 Å². The molecule has 3 aromatic rings. The molecule has 1 amide bonds. The number of carbonyl (C=O) groups is 1. The molecule has 1 aliphatic rings. The molecular weight excluding hydrogens is 411 g/mol. The molecule has 0 atom stereocenters. The van der Waals surface area contributed by atoms with E-state index < -0.39 is 17.6 Å². The van der Waals surface area contributed by atoms with Crippen LogP contribution in [0.15, 0.2) is 59.6 Å². The van der Waals surface area contributed by atoms with Gasteiger partial charge in [0.15, 0.2) is 5.76 Å². The molecule has 0 unspecified atom stereocenters. The molecule has 0 bridgehead atoms. The minimum Gasteiger partial charge on any atom is -0.459 e. The highest BCUT2D eigenvalue weighted by atomic mass is 19.4. The van der Waals surface area contributed by atoms with Gasteiger partial charge < -0.3 is 14.6 Å². The molecule has 0 aliphatic carbocycles. The van der Waals surface area contributed by atoms with Crippen molar-refractivity contribution in [1.29, 1.82) is 0 Å². The molecule has 4 rings (SSSR count). The second-order valence-corrected chi connectivity index (χ2v) is 7.12. The Morgan fingerprint density at radius 2 is 1.94 bits per heavy atom. The minimum atomic E-state index is -4.52. The summed E-state index contributed by atoms with van der Waals surface area (Å²) in [7, 11) is 0. The highest BCUT2D eigenvalue weighted by Gasteiger charge is 2.32. The molecule has 0 saturated carbocycles. The predicted octanol–water partition coefficient (Wildman–Crippen LogP) is 3.66. The predicted molar refractivity (Wildman–Crippen MR) is 108 cm³/mol. The number of halogens is 3. The van der Waals surface area contributed by atoms with Gasteiger partial charge in [0.05, 0.1) is 28.9 Å². The van der Waals surface area contributed by atoms with Crippen LogP contribution in [0.3, 0.4) is 0 Å². The van der Waals surface area contributed by atoms with Crippen molar-refractivity contribution in [2.45, 2.75) is 12.7 Å². The molecule has 1 aromatic carbocycles. The molecular formula is C21H20F3N5O2. The lowest BCUT2D eigenvalue weighted by Crippen LogP contribution is -2.46. The Kier molecular flexibility index (Phi) is 5.90. The fourth-order valence-electron chi connectivity index (χ4n) is 3.47. The van der Waals surface area contributed by atoms with Crippen LogP contribution in [-0.4, -0.2) is 47.0 Å². The minimum absolute atomic E-state index is 0.0251. The van der Waals surface area contributed by atoms with Gasteiger partial charge in [-0.1, -0.05) is 0 Å². The summed E-state index contributed by atoms with van der Waals surface area (Å²) in [6.45, 7) is 3.23. The zero-order valence-electron chi connectivity index (χ0n) is 16.5. The van der Waals surface area contributed by atoms with Crippen molar-refractivity contribution in [2.75, 3.05) is 36.4 Å². The van der Waals surface area contributed by atoms with Gasteiger partial charge in [-0.2, -0.15) is 13.2 Å². The largest absolute Gasteiger partial charge is 0.459 e. The maximum atomic E-state index is 13.2. The van der Waals surface area contributed by atoms with Gasteiger partial charge in [-0.15, -0.1) is 0 Å². The molecule has 7 nitrogen and oxygen atoms in total. The number of rotatable bonds is 5. The first-order chi connectivity index (χ1) is 14.9. The summed E-state index contributed by atoms with van der Waals surface area (Å²) in [5.41, 5.74) is 0.662. The van der Waals surface area contributed by atoms with E-state index in [0.717, 1.165) is 17.8 Å². The van der Waals surface area contributed by atoms with E-state index in [0.29, 0.717) is 38.4 Å². The summed E-state index contributed by atoms with van der Waals surface area (Å²) >= 11 is 0. The third kappa shape index (κ3) is 5.02. The van der Waals surface area contributed by atoms with Gasteiger partial charge >= 0.3 is 6.18 Å². The van der Waals surface area contributed by atoms with Crippen LogP contribution in [0.4, 0.5) is 24.5 Å². The van der Waals surface area contributed by atoms with E-state index in [1.54, 1.807) is 18.6 Å². The molecule has 1 N–H and O–H groups in total. The van der Waals surface area contributed by atoms with Crippen LogP contribution < -0.4 is 10.2 Å². The maximum Gasteiger partial charge on any atom is 0.416 e. The van der Waals surface area contributed by atoms with Gasteiger partial charge in [0.25, 0.3) is 5.91 Å². The van der Waals surface area contributed by atoms with E-state index in [1.165, 1.54) is 24.5 Å². The van der Waals surface area contributed by atoms with Crippen LogP contribution >= 0.6 is 0 Å². The Labute approximate surface area is 176 Å². The topological polar surface area (TPSA) is 74.5 Å². The summed E-state index contributed by atoms with van der Waals surface area (Å²) in [4.78, 5) is 24.9. The molecule has 10 heteroatoms. The zero-order valence-corrected chi connectivity index (χ0v) is 16.5. The van der Waals surface area contributed by atoms with Crippen molar-refractivity contribution in [3.05, 3.63) is 72.2 Å². The van der Waals surface area contributed by atoms with Gasteiger partial charge in [-0.3, -0.25) is 19.7 Å². The van der Waals surface area contributed by atoms with Gasteiger partial charge in [0.2, 0.25) is 0 Å². The summed E-state index contributed by atoms with van der Waals surface area (Å²) in [6.07, 6.45) is 1.78. The first kappa shape index (κ1) is 20.9. The number of piperazine rings is 1. The molecule has 162 valence electrons. The van der Waals surface area contributed by atoms with Gasteiger partial charge in [-0.05, 0) is 30.3 Å². The average Bonchev–Trinajstić information content (AvgIpc) is 3.30. The summed E-state index contributed by atoms with van der Waals surface area (Å²) in [6, 6.07) is 6.39. The second-order valence-electron chi connectivity index (χ2n) is 7.12. The highest BCUT2D eigenvalue weighted by molar-refractivity contribution is 6.04. The van der Waals surface area contributed by atoms with E-state index in [2.05, 4.69) is 20.2 Å². The number of anilines is 2. The van der Waals surface area contributed by atoms with Gasteiger partial charge in [-0.25, -0.2) is 0 Å². The lowest BCUT2D eigenvalue weighted by molar-refractivity contribution is -0.137. The number of benzene rings is 1. The van der Waals surface area contributed by atoms with Gasteiger partial charge in [0.1, 0.15) is 0 Å². The van der Waals surface area contributed by atoms with Crippen LogP contribution in [0.1, 0.15) is 21.8 Å². The molecule has 2 aromatic heterocycles. The standard InChI is InChI=1S/C21H20F3N5O2/c22-21(23,24)15-3-4-18(17(12-15)27-20(30)19-2-1-11-31-19)29-9-7-28(8-10-29)14-16-13-25-5-6-26-16/h1-6,11-13H,7-10,14H2,(H,27,30). The van der Waals surface area contributed by atoms with Crippen LogP contribution in [0, 0.1) is 0 Å². The van der Waals surface area contributed by atoms with E-state index >= 15 is 0 Å². The Balaban J connectivity index is 1.51. The van der Waals surface area contributed by atoms with E-state index in [1.807, 2.05) is 4.90 Å². The summed E-state index contributed by atoms with van der Waals surface area (Å²) < 4.78 is 44.8. The lowest BCUT2D eigenvalue weighted by atomic mass is 10.1. The zero-order chi connectivity index (χ0) is 21.8. The quantitative estimate of drug-likeness (QED) is 0.665. The second kappa shape index (κ2) is 8.76. The number of nitrogens with one attached hydrogen (secondary N) is 1. The summed E-state index contributed by atoms with van der Waals surface area (Å²) in [5.74, 6) is -0.580. The third-order valence-corrected chi connectivity index (χ3v) is 5.03. The average molecular weight is 431 g/mol. The van der Waals surface area contributed by atoms with Crippen molar-refractivity contribution >= 4 is 17.3 Å². The normalized spacial score (nSPS) is 15.1. The van der Waals surface area contributed by atoms with Crippen molar-refractivity contribution in [3.63, 3.8) is 0 Å². The number of amides is 1. The number of aromatic nitrogens is 2. The monoisotopic (exact) mass is 431 g/mol. The van der Waals surface area contributed by atoms with Gasteiger partial charge in [0, 0.05) is 51.3 Å². The fourth-order valence-corrected chi connectivity index (χ4v) is 3.47. The van der Waals surface area contributed by atoms with Crippen LogP contribution in [-0.2, 0) is 12.7 Å². The molecule has 3 heterocycles. The number of furan rings is 1. The molecule has 1 fully saturated rings. The first-order valence-corrected chi connectivity index (χ1v) is 9.68. The number of hydrogen-bond donors (Lipinski definition) is 1. The SMILES string of the molecule is O=C(Nc1cc(C(F)(F)F)ccc1N1CCN(Cc2cnccn2)CC1)c1ccco1. The number of nitrogens with zero attached hydrogens (tertiary/aromatic N) is 4. The molecule has 1 saturated heterocycles. The van der Waals surface area contributed by atoms with E-state index in [9.17, 15) is 18.0 Å². The lowest BCUT2D eigenvalue weighted by Gasteiger charge is -2.36. The third-order valence-electron chi connectivity index (χ3n) is 5.03. The molecule has 31 heavy (non-hydrogen) atoms. The van der Waals surface area contributed by atoms with Crippen molar-refractivity contribution in [3.8, 4) is 0 Å². The number of carbonyl (C=O) groups excluding carboxylic acids is 1. The molecule has 1 aliphatic heterocycles. The highest BCUT2D eigenvalue weighted by Crippen LogP contribution is 2.36. The van der Waals surface area contributed by atoms with E-state index in [4.69, 9.17) is 4.42 Å². The van der Waals surface area contributed by atoms with Crippen molar-refractivity contribution in [1.82, 2.24) is 14.9 Å². The molecule has 0 spiro atoms. The summed E-state index contributed by atoms with van der Waals surface area (Å²) in [5, 5.41) is 2.57. The first-order valence-electron chi connectivity index (χ1n) is 9.68. The Hall–Kier alpha value is -3.40. The number of alkyl halides is 3. The maximum absolute atomic E-state index is 13.2. The molecule has 0 radical (unpaired) electrons. The smallest absolute Gasteiger partial charge is 0.416 e. The van der Waals surface area contributed by atoms with Crippen LogP contribution in [0.5, 0.6) is 0 Å². The van der Waals surface area contributed by atoms with Crippen LogP contribution in [0.2, 0.25) is 0 Å². The van der Waals surface area contributed by atoms with Crippen molar-refractivity contribution < 1.29 is 22.4 Å². The fraction of sp³-hybridized carbons (Fsp3) is 0.286. The van der Waals surface area contributed by atoms with Crippen LogP contribution in [0.25, 0.3) is 0 Å². The number of hydrogen-bond acceptors (Lipinski definition) is 6. The Morgan fingerprint density at radius 3 is 2.58 bits per heavy atom.